The molecule has 0 radical (unpaired) electrons. The van der Waals surface area contributed by atoms with Crippen molar-refractivity contribution in [3.8, 4) is 5.75 Å². The molecule has 0 bridgehead atoms. The van der Waals surface area contributed by atoms with Crippen LogP contribution < -0.4 is 10.5 Å². The molecule has 1 unspecified atom stereocenters. The van der Waals surface area contributed by atoms with Crippen LogP contribution in [0.15, 0.2) is 36.4 Å². The third kappa shape index (κ3) is 3.50. The molecule has 0 saturated heterocycles. The van der Waals surface area contributed by atoms with E-state index in [1.165, 1.54) is 12.1 Å². The molecule has 4 heteroatoms. The molecule has 2 rings (SSSR count). The molecule has 0 aliphatic carbocycles. The van der Waals surface area contributed by atoms with E-state index in [1.54, 1.807) is 6.07 Å². The SMILES string of the molecule is Cc1ccc(C(C)N)c(OCc2cc(Cl)ccc2F)c1. The zero-order valence-corrected chi connectivity index (χ0v) is 12.2. The molecule has 0 aliphatic rings. The molecule has 0 amide bonds. The maximum absolute atomic E-state index is 13.6. The summed E-state index contributed by atoms with van der Waals surface area (Å²) in [5, 5.41) is 0.488. The van der Waals surface area contributed by atoms with Crippen LogP contribution in [0.25, 0.3) is 0 Å². The number of benzene rings is 2. The standard InChI is InChI=1S/C16H17ClFNO/c1-10-3-5-14(11(2)19)16(7-10)20-9-12-8-13(17)4-6-15(12)18/h3-8,11H,9,19H2,1-2H3. The van der Waals surface area contributed by atoms with Crippen LogP contribution in [0.5, 0.6) is 5.75 Å². The maximum Gasteiger partial charge on any atom is 0.129 e. The number of hydrogen-bond acceptors (Lipinski definition) is 2. The Bertz CT molecular complexity index is 613. The van der Waals surface area contributed by atoms with Crippen LogP contribution in [0.3, 0.4) is 0 Å². The van der Waals surface area contributed by atoms with Gasteiger partial charge in [-0.1, -0.05) is 23.7 Å². The summed E-state index contributed by atoms with van der Waals surface area (Å²) in [5.41, 5.74) is 8.30. The highest BCUT2D eigenvalue weighted by atomic mass is 35.5. The van der Waals surface area contributed by atoms with Crippen molar-refractivity contribution in [2.75, 3.05) is 0 Å². The Hall–Kier alpha value is -1.58. The molecule has 2 N–H and O–H groups in total. The third-order valence-electron chi connectivity index (χ3n) is 3.05. The van der Waals surface area contributed by atoms with Gasteiger partial charge in [0.05, 0.1) is 0 Å². The minimum Gasteiger partial charge on any atom is -0.488 e. The largest absolute Gasteiger partial charge is 0.488 e. The molecule has 20 heavy (non-hydrogen) atoms. The summed E-state index contributed by atoms with van der Waals surface area (Å²) in [4.78, 5) is 0. The van der Waals surface area contributed by atoms with Crippen LogP contribution in [0, 0.1) is 12.7 Å². The zero-order chi connectivity index (χ0) is 14.7. The van der Waals surface area contributed by atoms with Gasteiger partial charge in [0.2, 0.25) is 0 Å². The molecule has 2 nitrogen and oxygen atoms in total. The van der Waals surface area contributed by atoms with Crippen molar-refractivity contribution in [1.82, 2.24) is 0 Å². The van der Waals surface area contributed by atoms with E-state index in [4.69, 9.17) is 22.1 Å². The lowest BCUT2D eigenvalue weighted by Crippen LogP contribution is -2.08. The molecular formula is C16H17ClFNO. The molecular weight excluding hydrogens is 277 g/mol. The molecule has 106 valence electrons. The van der Waals surface area contributed by atoms with Crippen LogP contribution in [0.1, 0.15) is 29.7 Å². The van der Waals surface area contributed by atoms with Gasteiger partial charge in [0, 0.05) is 22.2 Å². The van der Waals surface area contributed by atoms with Crippen molar-refractivity contribution in [3.63, 3.8) is 0 Å². The van der Waals surface area contributed by atoms with Crippen molar-refractivity contribution < 1.29 is 9.13 Å². The molecule has 2 aromatic rings. The summed E-state index contributed by atoms with van der Waals surface area (Å²) >= 11 is 5.86. The lowest BCUT2D eigenvalue weighted by Gasteiger charge is -2.15. The Morgan fingerprint density at radius 1 is 1.25 bits per heavy atom. The van der Waals surface area contributed by atoms with E-state index in [2.05, 4.69) is 0 Å². The minimum absolute atomic E-state index is 0.121. The molecule has 2 aromatic carbocycles. The summed E-state index contributed by atoms with van der Waals surface area (Å²) in [6.07, 6.45) is 0. The maximum atomic E-state index is 13.6. The summed E-state index contributed by atoms with van der Waals surface area (Å²) in [6, 6.07) is 10.1. The van der Waals surface area contributed by atoms with E-state index in [1.807, 2.05) is 32.0 Å². The van der Waals surface area contributed by atoms with E-state index in [9.17, 15) is 4.39 Å². The topological polar surface area (TPSA) is 35.2 Å². The fourth-order valence-corrected chi connectivity index (χ4v) is 2.15. The van der Waals surface area contributed by atoms with Gasteiger partial charge in [-0.3, -0.25) is 0 Å². The lowest BCUT2D eigenvalue weighted by molar-refractivity contribution is 0.295. The number of ether oxygens (including phenoxy) is 1. The Morgan fingerprint density at radius 3 is 2.70 bits per heavy atom. The van der Waals surface area contributed by atoms with Gasteiger partial charge in [-0.25, -0.2) is 4.39 Å². The molecule has 0 spiro atoms. The Labute approximate surface area is 123 Å². The smallest absolute Gasteiger partial charge is 0.129 e. The van der Waals surface area contributed by atoms with Crippen LogP contribution >= 0.6 is 11.6 Å². The third-order valence-corrected chi connectivity index (χ3v) is 3.29. The molecule has 0 aromatic heterocycles. The molecule has 0 fully saturated rings. The van der Waals surface area contributed by atoms with Gasteiger partial charge in [0.1, 0.15) is 18.2 Å². The highest BCUT2D eigenvalue weighted by molar-refractivity contribution is 6.30. The number of nitrogens with two attached hydrogens (primary N) is 1. The average molecular weight is 294 g/mol. The number of halogens is 2. The zero-order valence-electron chi connectivity index (χ0n) is 11.5. The quantitative estimate of drug-likeness (QED) is 0.907. The first-order valence-electron chi connectivity index (χ1n) is 6.40. The van der Waals surface area contributed by atoms with Gasteiger partial charge in [0.25, 0.3) is 0 Å². The van der Waals surface area contributed by atoms with Gasteiger partial charge in [-0.2, -0.15) is 0 Å². The summed E-state index contributed by atoms with van der Waals surface area (Å²) in [6.45, 7) is 3.98. The van der Waals surface area contributed by atoms with Gasteiger partial charge in [-0.15, -0.1) is 0 Å². The Balaban J connectivity index is 2.22. The van der Waals surface area contributed by atoms with Crippen LogP contribution in [0.2, 0.25) is 5.02 Å². The Kier molecular flexibility index (Phi) is 4.63. The van der Waals surface area contributed by atoms with Crippen LogP contribution in [-0.4, -0.2) is 0 Å². The average Bonchev–Trinajstić information content (AvgIpc) is 2.39. The molecule has 0 heterocycles. The monoisotopic (exact) mass is 293 g/mol. The van der Waals surface area contributed by atoms with Gasteiger partial charge < -0.3 is 10.5 Å². The molecule has 0 aliphatic heterocycles. The van der Waals surface area contributed by atoms with Crippen molar-refractivity contribution in [2.24, 2.45) is 5.73 Å². The first kappa shape index (κ1) is 14.8. The first-order chi connectivity index (χ1) is 9.47. The molecule has 1 atom stereocenters. The lowest BCUT2D eigenvalue weighted by atomic mass is 10.1. The first-order valence-corrected chi connectivity index (χ1v) is 6.78. The fourth-order valence-electron chi connectivity index (χ4n) is 1.95. The van der Waals surface area contributed by atoms with Crippen molar-refractivity contribution in [1.29, 1.82) is 0 Å². The fraction of sp³-hybridized carbons (Fsp3) is 0.250. The highest BCUT2D eigenvalue weighted by Crippen LogP contribution is 2.26. The van der Waals surface area contributed by atoms with E-state index in [0.717, 1.165) is 11.1 Å². The van der Waals surface area contributed by atoms with Crippen molar-refractivity contribution in [3.05, 3.63) is 63.9 Å². The summed E-state index contributed by atoms with van der Waals surface area (Å²) in [5.74, 6) is 0.351. The number of rotatable bonds is 4. The van der Waals surface area contributed by atoms with Crippen molar-refractivity contribution >= 4 is 11.6 Å². The number of aryl methyl sites for hydroxylation is 1. The van der Waals surface area contributed by atoms with Crippen LogP contribution in [-0.2, 0) is 6.61 Å². The predicted octanol–water partition coefficient (Wildman–Crippen LogP) is 4.39. The van der Waals surface area contributed by atoms with Gasteiger partial charge >= 0.3 is 0 Å². The second-order valence-electron chi connectivity index (χ2n) is 4.85. The Morgan fingerprint density at radius 2 is 2.00 bits per heavy atom. The van der Waals surface area contributed by atoms with E-state index < -0.39 is 0 Å². The van der Waals surface area contributed by atoms with Gasteiger partial charge in [-0.05, 0) is 43.7 Å². The second kappa shape index (κ2) is 6.25. The second-order valence-corrected chi connectivity index (χ2v) is 5.29. The van der Waals surface area contributed by atoms with Crippen LogP contribution in [0.4, 0.5) is 4.39 Å². The predicted molar refractivity (Wildman–Crippen MR) is 79.5 cm³/mol. The summed E-state index contributed by atoms with van der Waals surface area (Å²) in [7, 11) is 0. The summed E-state index contributed by atoms with van der Waals surface area (Å²) < 4.78 is 19.4. The highest BCUT2D eigenvalue weighted by Gasteiger charge is 2.10. The van der Waals surface area contributed by atoms with Crippen molar-refractivity contribution in [2.45, 2.75) is 26.5 Å². The minimum atomic E-state index is -0.329. The molecule has 0 saturated carbocycles. The van der Waals surface area contributed by atoms with E-state index >= 15 is 0 Å². The van der Waals surface area contributed by atoms with E-state index in [-0.39, 0.29) is 18.5 Å². The van der Waals surface area contributed by atoms with Gasteiger partial charge in [0.15, 0.2) is 0 Å². The normalized spacial score (nSPS) is 12.2. The van der Waals surface area contributed by atoms with E-state index in [0.29, 0.717) is 16.3 Å². The number of hydrogen-bond donors (Lipinski definition) is 1.